The van der Waals surface area contributed by atoms with Gasteiger partial charge in [-0.25, -0.2) is 12.1 Å². The van der Waals surface area contributed by atoms with Gasteiger partial charge < -0.3 is 5.11 Å². The van der Waals surface area contributed by atoms with Gasteiger partial charge in [0.05, 0.1) is 0 Å². The van der Waals surface area contributed by atoms with Crippen molar-refractivity contribution in [3.05, 3.63) is 78.1 Å². The fraction of sp³-hybridized carbons (Fsp3) is 0.350. The first kappa shape index (κ1) is 18.7. The van der Waals surface area contributed by atoms with Gasteiger partial charge in [-0.15, -0.1) is 5.76 Å². The van der Waals surface area contributed by atoms with E-state index in [4.69, 9.17) is 0 Å². The van der Waals surface area contributed by atoms with Crippen LogP contribution < -0.4 is 5.11 Å². The molecule has 1 nitrogen and oxygen atoms in total. The molecule has 0 aromatic heterocycles. The van der Waals surface area contributed by atoms with Crippen LogP contribution in [-0.2, 0) is 17.1 Å². The van der Waals surface area contributed by atoms with E-state index in [0.717, 1.165) is 24.8 Å². The van der Waals surface area contributed by atoms with E-state index >= 15 is 0 Å². The third kappa shape index (κ3) is 4.32. The molecule has 0 spiro atoms. The smallest absolute Gasteiger partial charge is 0.875 e. The van der Waals surface area contributed by atoms with E-state index in [-0.39, 0.29) is 22.5 Å². The Labute approximate surface area is 145 Å². The number of allylic oxidation sites excluding steroid dienone is 8. The molecule has 1 atom stereocenters. The zero-order chi connectivity index (χ0) is 15.1. The van der Waals surface area contributed by atoms with Crippen molar-refractivity contribution in [1.29, 1.82) is 0 Å². The molecular weight excluding hydrogens is 312 g/mol. The second kappa shape index (κ2) is 8.92. The predicted octanol–water partition coefficient (Wildman–Crippen LogP) is 4.51. The maximum Gasteiger partial charge on any atom is 2.00 e. The quantitative estimate of drug-likeness (QED) is 0.337. The van der Waals surface area contributed by atoms with Gasteiger partial charge >= 0.3 is 17.1 Å². The Kier molecular flexibility index (Phi) is 7.58. The normalized spacial score (nSPS) is 22.2. The maximum atomic E-state index is 12.6. The van der Waals surface area contributed by atoms with E-state index in [1.54, 1.807) is 0 Å². The molecule has 0 amide bonds. The summed E-state index contributed by atoms with van der Waals surface area (Å²) in [6.07, 6.45) is 15.0. The molecule has 2 heteroatoms. The molecule has 1 aromatic rings. The van der Waals surface area contributed by atoms with Crippen LogP contribution in [0.15, 0.2) is 78.1 Å². The van der Waals surface area contributed by atoms with Gasteiger partial charge in [0, 0.05) is 0 Å². The van der Waals surface area contributed by atoms with E-state index in [9.17, 15) is 5.11 Å². The fourth-order valence-electron chi connectivity index (χ4n) is 2.98. The Morgan fingerprint density at radius 3 is 2.18 bits per heavy atom. The van der Waals surface area contributed by atoms with Crippen molar-refractivity contribution in [2.75, 3.05) is 0 Å². The first-order chi connectivity index (χ1) is 10.2. The summed E-state index contributed by atoms with van der Waals surface area (Å²) in [6, 6.07) is 10.0. The van der Waals surface area contributed by atoms with Crippen LogP contribution in [0.5, 0.6) is 0 Å². The molecule has 0 radical (unpaired) electrons. The molecule has 0 saturated heterocycles. The minimum atomic E-state index is -0.164. The molecule has 0 bridgehead atoms. The van der Waals surface area contributed by atoms with Gasteiger partial charge in [0.1, 0.15) is 0 Å². The van der Waals surface area contributed by atoms with Crippen LogP contribution in [0, 0.1) is 11.3 Å². The average molecular weight is 336 g/mol. The van der Waals surface area contributed by atoms with Gasteiger partial charge in [0.25, 0.3) is 0 Å². The first-order valence-corrected chi connectivity index (χ1v) is 7.75. The fourth-order valence-corrected chi connectivity index (χ4v) is 2.98. The number of hydrogen-bond acceptors (Lipinski definition) is 1. The van der Waals surface area contributed by atoms with Gasteiger partial charge in [-0.2, -0.15) is 18.2 Å². The van der Waals surface area contributed by atoms with Gasteiger partial charge in [0.15, 0.2) is 0 Å². The van der Waals surface area contributed by atoms with Crippen LogP contribution in [0.2, 0.25) is 0 Å². The van der Waals surface area contributed by atoms with Crippen molar-refractivity contribution in [3.8, 4) is 0 Å². The van der Waals surface area contributed by atoms with Crippen molar-refractivity contribution in [2.45, 2.75) is 33.1 Å². The summed E-state index contributed by atoms with van der Waals surface area (Å²) in [6.45, 7) is 4.33. The summed E-state index contributed by atoms with van der Waals surface area (Å²) in [5.74, 6) is 0.733. The van der Waals surface area contributed by atoms with Crippen LogP contribution in [0.4, 0.5) is 0 Å². The second-order valence-electron chi connectivity index (χ2n) is 5.99. The summed E-state index contributed by atoms with van der Waals surface area (Å²) >= 11 is 0. The van der Waals surface area contributed by atoms with Gasteiger partial charge in [-0.1, -0.05) is 50.3 Å². The summed E-state index contributed by atoms with van der Waals surface area (Å²) in [5.41, 5.74) is 0.715. The molecule has 0 heterocycles. The van der Waals surface area contributed by atoms with E-state index in [2.05, 4.69) is 26.0 Å². The van der Waals surface area contributed by atoms with Gasteiger partial charge in [-0.05, 0) is 36.2 Å². The topological polar surface area (TPSA) is 23.1 Å². The summed E-state index contributed by atoms with van der Waals surface area (Å²) in [4.78, 5) is 0. The molecular formula is C20H24FeO. The third-order valence-corrected chi connectivity index (χ3v) is 4.44. The zero-order valence-corrected chi connectivity index (χ0v) is 14.4. The van der Waals surface area contributed by atoms with E-state index < -0.39 is 0 Å². The van der Waals surface area contributed by atoms with E-state index in [1.165, 1.54) is 0 Å². The minimum absolute atomic E-state index is 0. The van der Waals surface area contributed by atoms with Crippen molar-refractivity contribution in [2.24, 2.45) is 11.3 Å². The molecule has 2 aliphatic rings. The first-order valence-electron chi connectivity index (χ1n) is 7.75. The summed E-state index contributed by atoms with van der Waals surface area (Å²) in [5, 5.41) is 12.6. The Bertz CT molecular complexity index is 515. The molecule has 118 valence electrons. The summed E-state index contributed by atoms with van der Waals surface area (Å²) in [7, 11) is 0. The number of rotatable bonds is 2. The average Bonchev–Trinajstić information content (AvgIpc) is 3.22. The van der Waals surface area contributed by atoms with Crippen LogP contribution in [-0.4, -0.2) is 0 Å². The third-order valence-electron chi connectivity index (χ3n) is 4.44. The van der Waals surface area contributed by atoms with E-state index in [1.807, 2.05) is 54.6 Å². The Balaban J connectivity index is 0.000000344. The van der Waals surface area contributed by atoms with Crippen LogP contribution >= 0.6 is 0 Å². The largest absolute Gasteiger partial charge is 2.00 e. The maximum absolute atomic E-state index is 12.6. The van der Waals surface area contributed by atoms with Crippen LogP contribution in [0.25, 0.3) is 0 Å². The molecule has 0 aliphatic heterocycles. The molecule has 3 rings (SSSR count). The van der Waals surface area contributed by atoms with E-state index in [0.29, 0.717) is 11.7 Å². The van der Waals surface area contributed by atoms with Gasteiger partial charge in [0.2, 0.25) is 0 Å². The Hall–Kier alpha value is -1.37. The Morgan fingerprint density at radius 1 is 1.14 bits per heavy atom. The van der Waals surface area contributed by atoms with Crippen molar-refractivity contribution >= 4 is 0 Å². The van der Waals surface area contributed by atoms with Crippen molar-refractivity contribution in [3.63, 3.8) is 0 Å². The zero-order valence-electron chi connectivity index (χ0n) is 13.3. The molecule has 1 aromatic carbocycles. The Morgan fingerprint density at radius 2 is 1.77 bits per heavy atom. The molecule has 0 N–H and O–H groups in total. The number of hydrogen-bond donors (Lipinski definition) is 0. The molecule has 1 unspecified atom stereocenters. The standard InChI is InChI=1S/C15H20O.C5H5.Fe/c1-12(2)15(10-6-3-7-11-15)14(16)13-8-4-5-9-13;1-2-4-5-3-1;/h3-6,8-9,12,16H,7,10-11H2,1-2H3;1-5H;/q;-1;+2/p-1. The van der Waals surface area contributed by atoms with Gasteiger partial charge in [-0.3, -0.25) is 0 Å². The SMILES string of the molecule is CC(C)C1(C([O-])=C2C=CC=C2)CC=CCC1.[Fe+2].c1cc[cH-]c1. The summed E-state index contributed by atoms with van der Waals surface area (Å²) < 4.78 is 0. The molecule has 22 heavy (non-hydrogen) atoms. The molecule has 0 saturated carbocycles. The second-order valence-corrected chi connectivity index (χ2v) is 5.99. The van der Waals surface area contributed by atoms with Crippen molar-refractivity contribution < 1.29 is 22.2 Å². The van der Waals surface area contributed by atoms with Crippen LogP contribution in [0.3, 0.4) is 0 Å². The monoisotopic (exact) mass is 336 g/mol. The van der Waals surface area contributed by atoms with Crippen molar-refractivity contribution in [1.82, 2.24) is 0 Å². The molecule has 0 fully saturated rings. The van der Waals surface area contributed by atoms with Crippen LogP contribution in [0.1, 0.15) is 33.1 Å². The predicted molar refractivity (Wildman–Crippen MR) is 87.6 cm³/mol. The minimum Gasteiger partial charge on any atom is -0.875 e. The molecule has 2 aliphatic carbocycles.